The molecule has 1 heterocycles. The van der Waals surface area contributed by atoms with E-state index >= 15 is 0 Å². The van der Waals surface area contributed by atoms with Crippen molar-refractivity contribution in [2.75, 3.05) is 12.9 Å². The monoisotopic (exact) mass is 375 g/mol. The molecule has 1 aromatic carbocycles. The zero-order valence-electron chi connectivity index (χ0n) is 13.8. The van der Waals surface area contributed by atoms with Gasteiger partial charge in [0.15, 0.2) is 0 Å². The minimum absolute atomic E-state index is 0.180. The number of carbonyl (C=O) groups is 3. The number of methoxy groups -OCH3 is 1. The van der Waals surface area contributed by atoms with E-state index in [0.29, 0.717) is 15.6 Å². The Morgan fingerprint density at radius 2 is 2.00 bits per heavy atom. The molecule has 1 amide bonds. The van der Waals surface area contributed by atoms with Crippen LogP contribution in [0.15, 0.2) is 57.8 Å². The summed E-state index contributed by atoms with van der Waals surface area (Å²) in [7, 11) is 1.24. The lowest BCUT2D eigenvalue weighted by atomic mass is 10.1. The van der Waals surface area contributed by atoms with Crippen LogP contribution in [0.4, 0.5) is 0 Å². The topological polar surface area (TPSA) is 72.5 Å². The van der Waals surface area contributed by atoms with E-state index in [2.05, 4.69) is 16.6 Å². The normalized spacial score (nSPS) is 15.8. The fourth-order valence-electron chi connectivity index (χ4n) is 1.92. The molecule has 0 bridgehead atoms. The lowest BCUT2D eigenvalue weighted by molar-refractivity contribution is -0.135. The summed E-state index contributed by atoms with van der Waals surface area (Å²) in [6, 6.07) is 7.11. The number of carbonyl (C=O) groups excluding carboxylic acids is 3. The molecule has 0 unspecified atom stereocenters. The average molecular weight is 375 g/mol. The van der Waals surface area contributed by atoms with E-state index < -0.39 is 11.9 Å². The first-order valence-corrected chi connectivity index (χ1v) is 9.14. The molecule has 2 rings (SSSR count). The SMILES string of the molecule is C=CCSC1=C(C(=O)c2ccc(C)cc2)NC(=O)/C(=C\C(=O)OC)S1. The van der Waals surface area contributed by atoms with Gasteiger partial charge >= 0.3 is 5.97 Å². The Balaban J connectivity index is 2.39. The van der Waals surface area contributed by atoms with Crippen molar-refractivity contribution in [3.8, 4) is 0 Å². The van der Waals surface area contributed by atoms with E-state index in [4.69, 9.17) is 0 Å². The van der Waals surface area contributed by atoms with E-state index in [-0.39, 0.29) is 16.4 Å². The fraction of sp³-hybridized carbons (Fsp3) is 0.167. The Kier molecular flexibility index (Phi) is 6.66. The van der Waals surface area contributed by atoms with Crippen molar-refractivity contribution < 1.29 is 19.1 Å². The van der Waals surface area contributed by atoms with Gasteiger partial charge in [-0.05, 0) is 6.92 Å². The van der Waals surface area contributed by atoms with Gasteiger partial charge in [-0.15, -0.1) is 18.3 Å². The van der Waals surface area contributed by atoms with E-state index in [1.54, 1.807) is 18.2 Å². The molecular weight excluding hydrogens is 358 g/mol. The predicted molar refractivity (Wildman–Crippen MR) is 101 cm³/mol. The molecule has 0 aromatic heterocycles. The number of rotatable bonds is 6. The van der Waals surface area contributed by atoms with Crippen LogP contribution in [0.3, 0.4) is 0 Å². The van der Waals surface area contributed by atoms with Crippen molar-refractivity contribution in [3.05, 3.63) is 69.0 Å². The molecule has 5 nitrogen and oxygen atoms in total. The highest BCUT2D eigenvalue weighted by molar-refractivity contribution is 8.24. The zero-order valence-corrected chi connectivity index (χ0v) is 15.5. The number of amides is 1. The lowest BCUT2D eigenvalue weighted by Crippen LogP contribution is -2.32. The van der Waals surface area contributed by atoms with Gasteiger partial charge in [-0.3, -0.25) is 9.59 Å². The number of thioether (sulfide) groups is 2. The molecule has 1 N–H and O–H groups in total. The summed E-state index contributed by atoms with van der Waals surface area (Å²) in [5.41, 5.74) is 1.74. The summed E-state index contributed by atoms with van der Waals surface area (Å²) in [4.78, 5) is 36.6. The maximum Gasteiger partial charge on any atom is 0.331 e. The predicted octanol–water partition coefficient (Wildman–Crippen LogP) is 3.19. The third-order valence-electron chi connectivity index (χ3n) is 3.19. The molecule has 7 heteroatoms. The molecule has 0 saturated carbocycles. The van der Waals surface area contributed by atoms with Gasteiger partial charge in [0, 0.05) is 17.4 Å². The number of aryl methyl sites for hydroxylation is 1. The Hall–Kier alpha value is -2.25. The molecule has 0 atom stereocenters. The minimum atomic E-state index is -0.626. The Bertz CT molecular complexity index is 779. The second-order valence-electron chi connectivity index (χ2n) is 5.05. The quantitative estimate of drug-likeness (QED) is 0.356. The second-order valence-corrected chi connectivity index (χ2v) is 7.39. The van der Waals surface area contributed by atoms with Crippen LogP contribution in [-0.2, 0) is 14.3 Å². The number of esters is 1. The molecule has 0 radical (unpaired) electrons. The summed E-state index contributed by atoms with van der Waals surface area (Å²) in [5, 5.41) is 2.61. The number of hydrogen-bond donors (Lipinski definition) is 1. The number of allylic oxidation sites excluding steroid dienone is 1. The van der Waals surface area contributed by atoms with E-state index in [1.165, 1.54) is 18.9 Å². The Morgan fingerprint density at radius 3 is 2.60 bits per heavy atom. The smallest absolute Gasteiger partial charge is 0.331 e. The number of Topliss-reactive ketones (excluding diaryl/α,β-unsaturated/α-hetero) is 1. The summed E-state index contributed by atoms with van der Waals surface area (Å²) in [6.45, 7) is 5.60. The summed E-state index contributed by atoms with van der Waals surface area (Å²) < 4.78 is 5.17. The van der Waals surface area contributed by atoms with Crippen LogP contribution < -0.4 is 5.32 Å². The van der Waals surface area contributed by atoms with Crippen molar-refractivity contribution in [2.45, 2.75) is 6.92 Å². The van der Waals surface area contributed by atoms with Crippen molar-refractivity contribution >= 4 is 41.2 Å². The van der Waals surface area contributed by atoms with Gasteiger partial charge in [0.2, 0.25) is 5.78 Å². The Morgan fingerprint density at radius 1 is 1.32 bits per heavy atom. The van der Waals surface area contributed by atoms with Gasteiger partial charge in [0.25, 0.3) is 5.91 Å². The van der Waals surface area contributed by atoms with E-state index in [0.717, 1.165) is 23.4 Å². The second kappa shape index (κ2) is 8.73. The standard InChI is InChI=1S/C18H17NO4S2/c1-4-9-24-18-15(16(21)12-7-5-11(2)6-8-12)19-17(22)13(25-18)10-14(20)23-3/h4-8,10H,1,9H2,2-3H3,(H,19,22)/b13-10+. The van der Waals surface area contributed by atoms with Crippen LogP contribution in [0.5, 0.6) is 0 Å². The third kappa shape index (κ3) is 4.87. The van der Waals surface area contributed by atoms with Gasteiger partial charge in [-0.25, -0.2) is 4.79 Å². The zero-order chi connectivity index (χ0) is 18.4. The number of ether oxygens (including phenoxy) is 1. The molecule has 1 aromatic rings. The number of ketones is 1. The number of benzene rings is 1. The first-order chi connectivity index (χ1) is 12.0. The highest BCUT2D eigenvalue weighted by Crippen LogP contribution is 2.40. The molecule has 0 spiro atoms. The van der Waals surface area contributed by atoms with Gasteiger partial charge in [0.05, 0.1) is 16.3 Å². The van der Waals surface area contributed by atoms with Gasteiger partial charge in [-0.1, -0.05) is 47.7 Å². The van der Waals surface area contributed by atoms with Crippen molar-refractivity contribution in [2.24, 2.45) is 0 Å². The number of hydrogen-bond acceptors (Lipinski definition) is 6. The maximum atomic E-state index is 12.8. The van der Waals surface area contributed by atoms with Crippen molar-refractivity contribution in [1.29, 1.82) is 0 Å². The number of nitrogens with one attached hydrogen (secondary N) is 1. The van der Waals surface area contributed by atoms with Crippen LogP contribution in [0.25, 0.3) is 0 Å². The molecule has 0 saturated heterocycles. The summed E-state index contributed by atoms with van der Waals surface area (Å²) >= 11 is 2.45. The molecular formula is C18H17NO4S2. The maximum absolute atomic E-state index is 12.8. The third-order valence-corrected chi connectivity index (χ3v) is 5.58. The first kappa shape index (κ1) is 19.1. The van der Waals surface area contributed by atoms with E-state index in [9.17, 15) is 14.4 Å². The lowest BCUT2D eigenvalue weighted by Gasteiger charge is -2.21. The van der Waals surface area contributed by atoms with Crippen LogP contribution in [0.1, 0.15) is 15.9 Å². The molecule has 1 aliphatic heterocycles. The fourth-order valence-corrected chi connectivity index (χ4v) is 3.93. The Labute approximate surface area is 154 Å². The van der Waals surface area contributed by atoms with Crippen LogP contribution in [0, 0.1) is 6.92 Å². The van der Waals surface area contributed by atoms with Crippen LogP contribution in [-0.4, -0.2) is 30.5 Å². The molecule has 0 fully saturated rings. The van der Waals surface area contributed by atoms with Gasteiger partial charge < -0.3 is 10.1 Å². The summed E-state index contributed by atoms with van der Waals surface area (Å²) in [5.74, 6) is -0.841. The largest absolute Gasteiger partial charge is 0.466 e. The minimum Gasteiger partial charge on any atom is -0.466 e. The molecule has 1 aliphatic rings. The summed E-state index contributed by atoms with van der Waals surface area (Å²) in [6.07, 6.45) is 2.81. The van der Waals surface area contributed by atoms with Crippen molar-refractivity contribution in [3.63, 3.8) is 0 Å². The molecule has 130 valence electrons. The van der Waals surface area contributed by atoms with Crippen LogP contribution in [0.2, 0.25) is 0 Å². The average Bonchev–Trinajstić information content (AvgIpc) is 2.61. The van der Waals surface area contributed by atoms with E-state index in [1.807, 2.05) is 19.1 Å². The van der Waals surface area contributed by atoms with Gasteiger partial charge in [-0.2, -0.15) is 0 Å². The highest BCUT2D eigenvalue weighted by atomic mass is 32.2. The molecule has 0 aliphatic carbocycles. The van der Waals surface area contributed by atoms with Gasteiger partial charge in [0.1, 0.15) is 5.70 Å². The van der Waals surface area contributed by atoms with Crippen LogP contribution >= 0.6 is 23.5 Å². The molecule has 25 heavy (non-hydrogen) atoms. The van der Waals surface area contributed by atoms with Crippen molar-refractivity contribution in [1.82, 2.24) is 5.32 Å². The highest BCUT2D eigenvalue weighted by Gasteiger charge is 2.29. The first-order valence-electron chi connectivity index (χ1n) is 7.34.